The van der Waals surface area contributed by atoms with E-state index in [1.54, 1.807) is 21.1 Å². The largest absolute Gasteiger partial charge is 0.345 e. The Morgan fingerprint density at radius 2 is 1.62 bits per heavy atom. The molecule has 24 heavy (non-hydrogen) atoms. The van der Waals surface area contributed by atoms with Gasteiger partial charge in [-0.1, -0.05) is 13.8 Å². The number of nitrogens with two attached hydrogens (primary N) is 1. The van der Waals surface area contributed by atoms with Crippen molar-refractivity contribution >= 4 is 28.3 Å². The molecule has 138 valence electrons. The van der Waals surface area contributed by atoms with Gasteiger partial charge in [0.05, 0.1) is 4.90 Å². The third-order valence-corrected chi connectivity index (χ3v) is 5.72. The lowest BCUT2D eigenvalue weighted by molar-refractivity contribution is 0.0827. The highest BCUT2D eigenvalue weighted by Gasteiger charge is 2.22. The number of benzene rings is 1. The van der Waals surface area contributed by atoms with Gasteiger partial charge in [-0.25, -0.2) is 12.7 Å². The van der Waals surface area contributed by atoms with Gasteiger partial charge in [0.15, 0.2) is 0 Å². The molecule has 0 aliphatic rings. The molecule has 6 nitrogen and oxygen atoms in total. The summed E-state index contributed by atoms with van der Waals surface area (Å²) in [6.07, 6.45) is 0.602. The second kappa shape index (κ2) is 9.36. The molecule has 0 fully saturated rings. The number of carbonyl (C=O) groups excluding carboxylic acids is 1. The monoisotopic (exact) mass is 377 g/mol. The smallest absolute Gasteiger partial charge is 0.253 e. The first kappa shape index (κ1) is 22.9. The van der Waals surface area contributed by atoms with Gasteiger partial charge in [-0.05, 0) is 36.6 Å². The predicted molar refractivity (Wildman–Crippen MR) is 99.0 cm³/mol. The Morgan fingerprint density at radius 1 is 1.12 bits per heavy atom. The molecule has 2 N–H and O–H groups in total. The molecule has 0 radical (unpaired) electrons. The van der Waals surface area contributed by atoms with E-state index >= 15 is 0 Å². The van der Waals surface area contributed by atoms with Crippen molar-refractivity contribution in [2.45, 2.75) is 31.2 Å². The fraction of sp³-hybridized carbons (Fsp3) is 0.562. The maximum atomic E-state index is 12.5. The summed E-state index contributed by atoms with van der Waals surface area (Å²) < 4.78 is 26.3. The zero-order chi connectivity index (χ0) is 17.8. The molecule has 0 bridgehead atoms. The Labute approximate surface area is 151 Å². The molecule has 0 heterocycles. The van der Waals surface area contributed by atoms with Gasteiger partial charge in [-0.15, -0.1) is 12.4 Å². The van der Waals surface area contributed by atoms with Crippen LogP contribution in [0, 0.1) is 5.92 Å². The quantitative estimate of drug-likeness (QED) is 0.785. The van der Waals surface area contributed by atoms with Crippen LogP contribution in [-0.4, -0.2) is 57.3 Å². The van der Waals surface area contributed by atoms with Crippen molar-refractivity contribution in [2.75, 3.05) is 27.7 Å². The van der Waals surface area contributed by atoms with Crippen LogP contribution >= 0.6 is 12.4 Å². The maximum absolute atomic E-state index is 12.5. The van der Waals surface area contributed by atoms with E-state index in [2.05, 4.69) is 0 Å². The average Bonchev–Trinajstić information content (AvgIpc) is 2.51. The molecule has 8 heteroatoms. The number of hydrogen-bond donors (Lipinski definition) is 1. The van der Waals surface area contributed by atoms with E-state index in [1.165, 1.54) is 33.5 Å². The van der Waals surface area contributed by atoms with Crippen LogP contribution in [-0.2, 0) is 10.0 Å². The lowest BCUT2D eigenvalue weighted by Crippen LogP contribution is -2.34. The number of halogens is 1. The Hall–Kier alpha value is -1.15. The van der Waals surface area contributed by atoms with Crippen molar-refractivity contribution < 1.29 is 13.2 Å². The standard InChI is InChI=1S/C16H27N3O3S.ClH/c1-12(2)15(17)10-11-19(5)23(21,22)14-8-6-13(7-9-14)16(20)18(3)4;/h6-9,12,15H,10-11,17H2,1-5H3;1H. The summed E-state index contributed by atoms with van der Waals surface area (Å²) in [5.74, 6) is 0.146. The van der Waals surface area contributed by atoms with E-state index in [0.29, 0.717) is 24.4 Å². The number of sulfonamides is 1. The molecule has 0 spiro atoms. The van der Waals surface area contributed by atoms with E-state index in [9.17, 15) is 13.2 Å². The van der Waals surface area contributed by atoms with Crippen molar-refractivity contribution in [1.29, 1.82) is 0 Å². The lowest BCUT2D eigenvalue weighted by Gasteiger charge is -2.21. The summed E-state index contributed by atoms with van der Waals surface area (Å²) in [7, 11) is 1.28. The maximum Gasteiger partial charge on any atom is 0.253 e. The van der Waals surface area contributed by atoms with Gasteiger partial charge in [0, 0.05) is 39.3 Å². The first-order valence-corrected chi connectivity index (χ1v) is 9.05. The van der Waals surface area contributed by atoms with Crippen LogP contribution in [0.25, 0.3) is 0 Å². The molecule has 1 atom stereocenters. The Morgan fingerprint density at radius 3 is 2.04 bits per heavy atom. The average molecular weight is 378 g/mol. The normalized spacial score (nSPS) is 12.8. The molecular weight excluding hydrogens is 350 g/mol. The second-order valence-electron chi connectivity index (χ2n) is 6.25. The van der Waals surface area contributed by atoms with E-state index in [4.69, 9.17) is 5.73 Å². The lowest BCUT2D eigenvalue weighted by atomic mass is 10.0. The van der Waals surface area contributed by atoms with Crippen LogP contribution < -0.4 is 5.73 Å². The molecule has 0 aromatic heterocycles. The highest BCUT2D eigenvalue weighted by Crippen LogP contribution is 2.17. The number of hydrogen-bond acceptors (Lipinski definition) is 4. The number of amides is 1. The fourth-order valence-corrected chi connectivity index (χ4v) is 3.18. The van der Waals surface area contributed by atoms with Crippen molar-refractivity contribution in [3.05, 3.63) is 29.8 Å². The van der Waals surface area contributed by atoms with Crippen molar-refractivity contribution in [2.24, 2.45) is 11.7 Å². The summed E-state index contributed by atoms with van der Waals surface area (Å²) in [6.45, 7) is 4.39. The molecule has 1 aromatic carbocycles. The number of nitrogens with zero attached hydrogens (tertiary/aromatic N) is 2. The summed E-state index contributed by atoms with van der Waals surface area (Å²) >= 11 is 0. The molecule has 0 aliphatic heterocycles. The van der Waals surface area contributed by atoms with Gasteiger partial charge in [-0.3, -0.25) is 4.79 Å². The summed E-state index contributed by atoms with van der Waals surface area (Å²) in [4.78, 5) is 13.5. The molecule has 1 amide bonds. The van der Waals surface area contributed by atoms with Crippen LogP contribution in [0.15, 0.2) is 29.2 Å². The minimum atomic E-state index is -3.57. The molecule has 1 aromatic rings. The Balaban J connectivity index is 0.00000529. The van der Waals surface area contributed by atoms with Crippen molar-refractivity contribution in [3.8, 4) is 0 Å². The van der Waals surface area contributed by atoms with Gasteiger partial charge in [0.2, 0.25) is 10.0 Å². The van der Waals surface area contributed by atoms with Gasteiger partial charge >= 0.3 is 0 Å². The van der Waals surface area contributed by atoms with Gasteiger partial charge < -0.3 is 10.6 Å². The zero-order valence-electron chi connectivity index (χ0n) is 14.9. The van der Waals surface area contributed by atoms with Crippen LogP contribution in [0.4, 0.5) is 0 Å². The van der Waals surface area contributed by atoms with E-state index in [1.807, 2.05) is 13.8 Å². The van der Waals surface area contributed by atoms with E-state index < -0.39 is 10.0 Å². The molecule has 0 saturated heterocycles. The van der Waals surface area contributed by atoms with E-state index in [0.717, 1.165) is 0 Å². The Kier molecular flexibility index (Phi) is 8.91. The first-order chi connectivity index (χ1) is 10.6. The number of carbonyl (C=O) groups is 1. The second-order valence-corrected chi connectivity index (χ2v) is 8.29. The van der Waals surface area contributed by atoms with Crippen LogP contribution in [0.1, 0.15) is 30.6 Å². The summed E-state index contributed by atoms with van der Waals surface area (Å²) in [5, 5.41) is 0. The van der Waals surface area contributed by atoms with Crippen molar-refractivity contribution in [1.82, 2.24) is 9.21 Å². The first-order valence-electron chi connectivity index (χ1n) is 7.61. The SMILES string of the molecule is CC(C)C(N)CCN(C)S(=O)(=O)c1ccc(C(=O)N(C)C)cc1.Cl. The highest BCUT2D eigenvalue weighted by atomic mass is 35.5. The summed E-state index contributed by atoms with van der Waals surface area (Å²) in [5.41, 5.74) is 6.42. The molecule has 1 rings (SSSR count). The van der Waals surface area contributed by atoms with E-state index in [-0.39, 0.29) is 29.3 Å². The van der Waals surface area contributed by atoms with Gasteiger partial charge in [-0.2, -0.15) is 0 Å². The molecule has 1 unspecified atom stereocenters. The van der Waals surface area contributed by atoms with Crippen LogP contribution in [0.3, 0.4) is 0 Å². The molecule has 0 aliphatic carbocycles. The van der Waals surface area contributed by atoms with Crippen LogP contribution in [0.2, 0.25) is 0 Å². The summed E-state index contributed by atoms with van der Waals surface area (Å²) in [6, 6.07) is 5.95. The third kappa shape index (κ3) is 5.73. The van der Waals surface area contributed by atoms with Crippen molar-refractivity contribution in [3.63, 3.8) is 0 Å². The third-order valence-electron chi connectivity index (χ3n) is 3.85. The minimum Gasteiger partial charge on any atom is -0.345 e. The Bertz CT molecular complexity index is 630. The molecular formula is C16H28ClN3O3S. The van der Waals surface area contributed by atoms with Crippen LogP contribution in [0.5, 0.6) is 0 Å². The highest BCUT2D eigenvalue weighted by molar-refractivity contribution is 7.89. The van der Waals surface area contributed by atoms with Gasteiger partial charge in [0.1, 0.15) is 0 Å². The zero-order valence-corrected chi connectivity index (χ0v) is 16.5. The molecule has 0 saturated carbocycles. The predicted octanol–water partition coefficient (Wildman–Crippen LogP) is 1.80. The van der Waals surface area contributed by atoms with Gasteiger partial charge in [0.25, 0.3) is 5.91 Å². The fourth-order valence-electron chi connectivity index (χ4n) is 1.99. The minimum absolute atomic E-state index is 0. The topological polar surface area (TPSA) is 83.7 Å². The number of rotatable bonds is 7.